The van der Waals surface area contributed by atoms with Crippen LogP contribution < -0.4 is 9.30 Å². The number of hydrogen-bond acceptors (Lipinski definition) is 0. The lowest BCUT2D eigenvalue weighted by Crippen LogP contribution is -2.45. The zero-order valence-electron chi connectivity index (χ0n) is 16.9. The van der Waals surface area contributed by atoms with Crippen molar-refractivity contribution in [2.75, 3.05) is 0 Å². The summed E-state index contributed by atoms with van der Waals surface area (Å²) in [5.41, 5.74) is 0. The molecule has 1 rings (SSSR count). The van der Waals surface area contributed by atoms with Gasteiger partial charge in [-0.3, -0.25) is 0 Å². The molecular weight excluding hydrogens is 385 g/mol. The standard InChI is InChI=1S/C15H37P3Si4/c1-19(2,3)13-16-14(20(4,5)6)18(17-13)15(21(7,8)9)22(10,11)12/h15H,1-12H3. The van der Waals surface area contributed by atoms with Crippen molar-refractivity contribution >= 4 is 64.9 Å². The van der Waals surface area contributed by atoms with Crippen molar-refractivity contribution in [2.45, 2.75) is 83.5 Å². The van der Waals surface area contributed by atoms with E-state index in [1.807, 2.05) is 12.5 Å². The van der Waals surface area contributed by atoms with Crippen molar-refractivity contribution in [3.8, 4) is 0 Å². The zero-order chi connectivity index (χ0) is 17.7. The van der Waals surface area contributed by atoms with E-state index < -0.39 is 32.3 Å². The predicted octanol–water partition coefficient (Wildman–Crippen LogP) is 7.22. The molecule has 0 aromatic carbocycles. The maximum absolute atomic E-state index is 2.65. The number of rotatable bonds is 5. The summed E-state index contributed by atoms with van der Waals surface area (Å²) in [6, 6.07) is 0. The van der Waals surface area contributed by atoms with Gasteiger partial charge in [0.1, 0.15) is 0 Å². The highest BCUT2D eigenvalue weighted by Crippen LogP contribution is 2.57. The Morgan fingerprint density at radius 2 is 1.09 bits per heavy atom. The van der Waals surface area contributed by atoms with E-state index in [0.717, 1.165) is 4.91 Å². The average Bonchev–Trinajstić information content (AvgIpc) is 2.55. The second kappa shape index (κ2) is 6.67. The molecule has 1 heterocycles. The van der Waals surface area contributed by atoms with Crippen LogP contribution in [0.25, 0.3) is 0 Å². The third-order valence-electron chi connectivity index (χ3n) is 3.86. The van der Waals surface area contributed by atoms with Crippen LogP contribution in [0, 0.1) is 0 Å². The van der Waals surface area contributed by atoms with Crippen LogP contribution in [0.3, 0.4) is 0 Å². The molecule has 0 amide bonds. The molecule has 0 nitrogen and oxygen atoms in total. The first kappa shape index (κ1) is 21.6. The molecule has 0 aliphatic heterocycles. The van der Waals surface area contributed by atoms with Crippen molar-refractivity contribution < 1.29 is 0 Å². The van der Waals surface area contributed by atoms with Gasteiger partial charge in [0, 0.05) is 0 Å². The minimum atomic E-state index is -1.16. The van der Waals surface area contributed by atoms with Gasteiger partial charge < -0.3 is 0 Å². The molecule has 1 unspecified atom stereocenters. The first-order chi connectivity index (χ1) is 9.45. The molecule has 0 aliphatic carbocycles. The molecule has 0 spiro atoms. The van der Waals surface area contributed by atoms with Crippen LogP contribution in [0.15, 0.2) is 0 Å². The quantitative estimate of drug-likeness (QED) is 0.439. The Morgan fingerprint density at radius 1 is 0.682 bits per heavy atom. The molecule has 1 aromatic rings. The van der Waals surface area contributed by atoms with E-state index in [0.29, 0.717) is 0 Å². The molecule has 0 radical (unpaired) electrons. The summed E-state index contributed by atoms with van der Waals surface area (Å²) in [5.74, 6) is 0. The fourth-order valence-corrected chi connectivity index (χ4v) is 50.5. The van der Waals surface area contributed by atoms with Gasteiger partial charge in [-0.25, -0.2) is 0 Å². The molecule has 1 atom stereocenters. The van der Waals surface area contributed by atoms with Gasteiger partial charge in [-0.05, 0) is 22.1 Å². The molecule has 0 aliphatic rings. The second-order valence-corrected chi connectivity index (χ2v) is 40.7. The van der Waals surface area contributed by atoms with Crippen LogP contribution in [-0.4, -0.2) is 32.3 Å². The molecule has 128 valence electrons. The van der Waals surface area contributed by atoms with E-state index in [1.54, 1.807) is 8.19 Å². The summed E-state index contributed by atoms with van der Waals surface area (Å²) in [6.45, 7) is 31.5. The fourth-order valence-electron chi connectivity index (χ4n) is 3.37. The lowest BCUT2D eigenvalue weighted by atomic mass is 11.7. The Kier molecular flexibility index (Phi) is 6.53. The van der Waals surface area contributed by atoms with Crippen LogP contribution in [0.4, 0.5) is 0 Å². The van der Waals surface area contributed by atoms with Gasteiger partial charge in [-0.1, -0.05) is 94.0 Å². The molecule has 0 fully saturated rings. The largest absolute Gasteiger partial charge is 0.0945 e. The Balaban J connectivity index is 3.66. The van der Waals surface area contributed by atoms with Gasteiger partial charge in [-0.2, -0.15) is 0 Å². The van der Waals surface area contributed by atoms with Crippen LogP contribution >= 0.6 is 23.3 Å². The third kappa shape index (κ3) is 5.25. The van der Waals surface area contributed by atoms with E-state index in [1.165, 1.54) is 0 Å². The molecule has 1 aromatic heterocycles. The van der Waals surface area contributed by atoms with Crippen LogP contribution in [0.2, 0.25) is 78.6 Å². The molecule has 0 saturated carbocycles. The van der Waals surface area contributed by atoms with Crippen molar-refractivity contribution in [1.29, 1.82) is 0 Å². The monoisotopic (exact) mass is 422 g/mol. The van der Waals surface area contributed by atoms with Gasteiger partial charge in [0.25, 0.3) is 0 Å². The Labute approximate surface area is 148 Å². The normalized spacial score (nSPS) is 16.3. The maximum atomic E-state index is 2.65. The Hall–Kier alpha value is 1.51. The summed E-state index contributed by atoms with van der Waals surface area (Å²) in [4.78, 5) is 1.10. The Morgan fingerprint density at radius 3 is 1.36 bits per heavy atom. The molecule has 0 N–H and O–H groups in total. The maximum Gasteiger partial charge on any atom is 0.0898 e. The second-order valence-electron chi connectivity index (χ2n) is 10.8. The SMILES string of the molecule is C[Si](C)(C)c1pc([Si](C)(C)C)p(C([Si](C)(C)C)[Si](C)(C)C)p1. The third-order valence-corrected chi connectivity index (χ3v) is 40.2. The Bertz CT molecular complexity index is 511. The molecule has 7 heteroatoms. The van der Waals surface area contributed by atoms with Gasteiger partial charge in [0.2, 0.25) is 0 Å². The van der Waals surface area contributed by atoms with E-state index in [9.17, 15) is 0 Å². The van der Waals surface area contributed by atoms with Gasteiger partial charge in [-0.15, -0.1) is 0 Å². The molecule has 0 bridgehead atoms. The van der Waals surface area contributed by atoms with Crippen molar-refractivity contribution in [2.24, 2.45) is 0 Å². The first-order valence-corrected chi connectivity index (χ1v) is 26.5. The lowest BCUT2D eigenvalue weighted by Gasteiger charge is -2.40. The predicted molar refractivity (Wildman–Crippen MR) is 126 cm³/mol. The highest BCUT2D eigenvalue weighted by molar-refractivity contribution is 8.13. The summed E-state index contributed by atoms with van der Waals surface area (Å²) in [6.07, 6.45) is 0. The van der Waals surface area contributed by atoms with E-state index >= 15 is 0 Å². The number of hydrogen-bond donors (Lipinski definition) is 0. The van der Waals surface area contributed by atoms with E-state index in [4.69, 9.17) is 0 Å². The summed E-state index contributed by atoms with van der Waals surface area (Å²) in [7, 11) is -0.830. The highest BCUT2D eigenvalue weighted by atomic mass is 31.9. The van der Waals surface area contributed by atoms with Crippen LogP contribution in [0.1, 0.15) is 4.91 Å². The summed E-state index contributed by atoms with van der Waals surface area (Å²) < 4.78 is 4.02. The van der Waals surface area contributed by atoms with Gasteiger partial charge >= 0.3 is 0 Å². The van der Waals surface area contributed by atoms with Crippen molar-refractivity contribution in [1.82, 2.24) is 0 Å². The van der Waals surface area contributed by atoms with Crippen LogP contribution in [-0.2, 0) is 0 Å². The van der Waals surface area contributed by atoms with Gasteiger partial charge in [0.15, 0.2) is 0 Å². The fraction of sp³-hybridized carbons (Fsp3) is 0.867. The van der Waals surface area contributed by atoms with Crippen molar-refractivity contribution in [3.05, 3.63) is 0 Å². The molecular formula is C15H37P3Si4. The lowest BCUT2D eigenvalue weighted by molar-refractivity contribution is 1.40. The summed E-state index contributed by atoms with van der Waals surface area (Å²) >= 11 is 0. The van der Waals surface area contributed by atoms with E-state index in [-0.39, 0.29) is 7.21 Å². The first-order valence-electron chi connectivity index (χ1n) is 8.43. The molecule has 22 heavy (non-hydrogen) atoms. The average molecular weight is 423 g/mol. The topological polar surface area (TPSA) is 0 Å². The minimum absolute atomic E-state index is 0.120. The smallest absolute Gasteiger partial charge is 0.0898 e. The van der Waals surface area contributed by atoms with Crippen LogP contribution in [0.5, 0.6) is 0 Å². The minimum Gasteiger partial charge on any atom is -0.0945 e. The van der Waals surface area contributed by atoms with Gasteiger partial charge in [0.05, 0.1) is 32.3 Å². The highest BCUT2D eigenvalue weighted by Gasteiger charge is 2.42. The zero-order valence-corrected chi connectivity index (χ0v) is 23.6. The molecule has 0 saturated heterocycles. The summed E-state index contributed by atoms with van der Waals surface area (Å²) in [5, 5.41) is 0. The van der Waals surface area contributed by atoms with E-state index in [2.05, 4.69) is 83.2 Å². The van der Waals surface area contributed by atoms with Crippen molar-refractivity contribution in [3.63, 3.8) is 0 Å².